The second-order valence-electron chi connectivity index (χ2n) is 11.6. The molecule has 218 valence electrons. The quantitative estimate of drug-likeness (QED) is 0.378. The van der Waals surface area contributed by atoms with Crippen molar-refractivity contribution in [2.45, 2.75) is 71.7 Å². The number of alkyl halides is 1. The van der Waals surface area contributed by atoms with E-state index in [9.17, 15) is 27.5 Å². The molecule has 0 amide bonds. The summed E-state index contributed by atoms with van der Waals surface area (Å²) in [5, 5.41) is 10.8. The highest BCUT2D eigenvalue weighted by Crippen LogP contribution is 2.37. The van der Waals surface area contributed by atoms with Gasteiger partial charge in [-0.15, -0.1) is 0 Å². The van der Waals surface area contributed by atoms with Crippen molar-refractivity contribution in [1.82, 2.24) is 14.1 Å². The second-order valence-corrected chi connectivity index (χ2v) is 14.0. The first-order chi connectivity index (χ1) is 18.5. The number of rotatable bonds is 9. The highest BCUT2D eigenvalue weighted by Gasteiger charge is 2.36. The van der Waals surface area contributed by atoms with Gasteiger partial charge in [0.1, 0.15) is 22.6 Å². The van der Waals surface area contributed by atoms with Crippen LogP contribution < -0.4 is 10.4 Å². The molecule has 4 rings (SSSR count). The molecule has 40 heavy (non-hydrogen) atoms. The van der Waals surface area contributed by atoms with Crippen LogP contribution in [0.5, 0.6) is 5.88 Å². The Labute approximate surface area is 231 Å². The van der Waals surface area contributed by atoms with Crippen LogP contribution in [0.25, 0.3) is 16.7 Å². The van der Waals surface area contributed by atoms with Crippen LogP contribution >= 0.6 is 0 Å². The van der Waals surface area contributed by atoms with Gasteiger partial charge in [0.05, 0.1) is 46.1 Å². The summed E-state index contributed by atoms with van der Waals surface area (Å²) in [6.07, 6.45) is 0.488. The number of carbonyl (C=O) groups is 1. The summed E-state index contributed by atoms with van der Waals surface area (Å²) in [7, 11) is -3.09. The lowest BCUT2D eigenvalue weighted by atomic mass is 9.78. The Hall–Kier alpha value is -3.12. The van der Waals surface area contributed by atoms with Crippen LogP contribution in [-0.4, -0.2) is 63.3 Å². The summed E-state index contributed by atoms with van der Waals surface area (Å²) in [5.74, 6) is -1.03. The fourth-order valence-corrected chi connectivity index (χ4v) is 6.68. The molecule has 1 aliphatic heterocycles. The number of carbonyl (C=O) groups excluding carboxylic acids is 1. The molecular weight excluding hydrogens is 544 g/mol. The van der Waals surface area contributed by atoms with Gasteiger partial charge in [0.15, 0.2) is 11.6 Å². The molecule has 0 radical (unpaired) electrons. The van der Waals surface area contributed by atoms with E-state index in [0.717, 1.165) is 10.8 Å². The van der Waals surface area contributed by atoms with Crippen molar-refractivity contribution in [1.29, 1.82) is 0 Å². The summed E-state index contributed by atoms with van der Waals surface area (Å²) in [4.78, 5) is 31.0. The number of halogens is 2. The maximum atomic E-state index is 15.1. The van der Waals surface area contributed by atoms with Gasteiger partial charge in [-0.2, -0.15) is 0 Å². The van der Waals surface area contributed by atoms with E-state index in [2.05, 4.69) is 4.98 Å². The summed E-state index contributed by atoms with van der Waals surface area (Å²) in [6.45, 7) is 7.62. The summed E-state index contributed by atoms with van der Waals surface area (Å²) >= 11 is 0. The van der Waals surface area contributed by atoms with Crippen LogP contribution in [-0.2, 0) is 9.84 Å². The molecule has 0 bridgehead atoms. The Kier molecular flexibility index (Phi) is 7.98. The van der Waals surface area contributed by atoms with E-state index in [4.69, 9.17) is 4.74 Å². The first-order valence-electron chi connectivity index (χ1n) is 13.2. The molecular formula is C28H35F2N3O6S. The average Bonchev–Trinajstić information content (AvgIpc) is 3.15. The molecule has 2 aromatic heterocycles. The molecule has 1 N–H and O–H groups in total. The predicted octanol–water partition coefficient (Wildman–Crippen LogP) is 4.18. The van der Waals surface area contributed by atoms with E-state index < -0.39 is 44.6 Å². The Bertz CT molecular complexity index is 1590. The van der Waals surface area contributed by atoms with Gasteiger partial charge in [0.25, 0.3) is 0 Å². The van der Waals surface area contributed by atoms with Gasteiger partial charge in [-0.1, -0.05) is 6.92 Å². The molecule has 1 aliphatic rings. The van der Waals surface area contributed by atoms with Gasteiger partial charge in [-0.05, 0) is 64.2 Å². The SMILES string of the molecule is CC(F)COc1cc(-n2c(=O)n([C@H](C)C(C)(C)O)c3cc(C(=O)CC4(C)CCS(=O)(=O)CC4)ccc32)c(F)cn1. The third-order valence-electron chi connectivity index (χ3n) is 7.74. The topological polar surface area (TPSA) is 120 Å². The van der Waals surface area contributed by atoms with E-state index in [1.807, 2.05) is 6.92 Å². The minimum Gasteiger partial charge on any atom is -0.475 e. The van der Waals surface area contributed by atoms with Crippen molar-refractivity contribution in [2.75, 3.05) is 18.1 Å². The number of aliphatic hydroxyl groups is 1. The number of fused-ring (bicyclic) bond motifs is 1. The fourth-order valence-electron chi connectivity index (χ4n) is 4.87. The zero-order chi connectivity index (χ0) is 29.6. The first-order valence-corrected chi connectivity index (χ1v) is 15.0. The van der Waals surface area contributed by atoms with Crippen molar-refractivity contribution in [3.05, 3.63) is 52.3 Å². The van der Waals surface area contributed by atoms with Gasteiger partial charge in [-0.3, -0.25) is 13.9 Å². The van der Waals surface area contributed by atoms with Crippen LogP contribution in [0.3, 0.4) is 0 Å². The zero-order valence-corrected chi connectivity index (χ0v) is 24.1. The minimum absolute atomic E-state index is 0.0365. The number of benzene rings is 1. The first kappa shape index (κ1) is 29.9. The number of ether oxygens (including phenoxy) is 1. The Morgan fingerprint density at radius 2 is 1.85 bits per heavy atom. The van der Waals surface area contributed by atoms with Crippen molar-refractivity contribution in [2.24, 2.45) is 5.41 Å². The lowest BCUT2D eigenvalue weighted by Crippen LogP contribution is -2.37. The molecule has 3 heterocycles. The Morgan fingerprint density at radius 1 is 1.20 bits per heavy atom. The predicted molar refractivity (Wildman–Crippen MR) is 147 cm³/mol. The molecule has 1 unspecified atom stereocenters. The van der Waals surface area contributed by atoms with E-state index >= 15 is 4.39 Å². The summed E-state index contributed by atoms with van der Waals surface area (Å²) in [6, 6.07) is 5.05. The molecule has 3 aromatic rings. The highest BCUT2D eigenvalue weighted by molar-refractivity contribution is 7.91. The Morgan fingerprint density at radius 3 is 2.45 bits per heavy atom. The summed E-state index contributed by atoms with van der Waals surface area (Å²) < 4.78 is 59.9. The largest absolute Gasteiger partial charge is 0.475 e. The number of pyridine rings is 1. The molecule has 1 saturated heterocycles. The number of nitrogens with zero attached hydrogens (tertiary/aromatic N) is 3. The van der Waals surface area contributed by atoms with Crippen LogP contribution in [0.2, 0.25) is 0 Å². The van der Waals surface area contributed by atoms with Gasteiger partial charge < -0.3 is 9.84 Å². The number of hydrogen-bond acceptors (Lipinski definition) is 7. The maximum absolute atomic E-state index is 15.1. The Balaban J connectivity index is 1.82. The molecule has 1 aromatic carbocycles. The van der Waals surface area contributed by atoms with Crippen molar-refractivity contribution in [3.8, 4) is 11.6 Å². The molecule has 0 aliphatic carbocycles. The third kappa shape index (κ3) is 6.12. The zero-order valence-electron chi connectivity index (χ0n) is 23.3. The minimum atomic E-state index is -3.09. The number of aromatic nitrogens is 3. The molecule has 12 heteroatoms. The van der Waals surface area contributed by atoms with Crippen LogP contribution in [0.15, 0.2) is 35.3 Å². The van der Waals surface area contributed by atoms with E-state index in [0.29, 0.717) is 23.9 Å². The molecule has 9 nitrogen and oxygen atoms in total. The second kappa shape index (κ2) is 10.7. The van der Waals surface area contributed by atoms with Gasteiger partial charge in [0, 0.05) is 18.1 Å². The fraction of sp³-hybridized carbons (Fsp3) is 0.536. The molecule has 0 spiro atoms. The van der Waals surface area contributed by atoms with Crippen molar-refractivity contribution < 1.29 is 31.8 Å². The lowest BCUT2D eigenvalue weighted by molar-refractivity contribution is 0.0307. The van der Waals surface area contributed by atoms with Gasteiger partial charge in [0.2, 0.25) is 5.88 Å². The number of hydrogen-bond donors (Lipinski definition) is 1. The molecule has 0 saturated carbocycles. The molecule has 1 fully saturated rings. The third-order valence-corrected chi connectivity index (χ3v) is 9.39. The number of Topliss-reactive ketones (excluding diaryl/α,β-unsaturated/α-hetero) is 1. The van der Waals surface area contributed by atoms with Gasteiger partial charge >= 0.3 is 5.69 Å². The van der Waals surface area contributed by atoms with Crippen LogP contribution in [0.4, 0.5) is 8.78 Å². The van der Waals surface area contributed by atoms with Gasteiger partial charge in [-0.25, -0.2) is 27.0 Å². The standard InChI is InChI=1S/C28H35F2N3O6S/c1-17(29)16-39-25-13-22(20(30)15-31-25)33-21-7-6-19(12-23(21)32(26(33)35)18(2)27(3,4)36)24(34)14-28(5)8-10-40(37,38)11-9-28/h6-7,12-13,15,17-18,36H,8-11,14,16H2,1-5H3/t17?,18-/m1/s1. The number of ketones is 1. The van der Waals surface area contributed by atoms with Crippen LogP contribution in [0.1, 0.15) is 70.3 Å². The normalized spacial score (nSPS) is 18.4. The maximum Gasteiger partial charge on any atom is 0.334 e. The van der Waals surface area contributed by atoms with E-state index in [-0.39, 0.29) is 47.4 Å². The van der Waals surface area contributed by atoms with Crippen molar-refractivity contribution in [3.63, 3.8) is 0 Å². The van der Waals surface area contributed by atoms with Crippen LogP contribution in [0, 0.1) is 11.2 Å². The van der Waals surface area contributed by atoms with E-state index in [1.165, 1.54) is 37.5 Å². The van der Waals surface area contributed by atoms with E-state index in [1.54, 1.807) is 19.1 Å². The number of imidazole rings is 1. The van der Waals surface area contributed by atoms with Crippen molar-refractivity contribution >= 4 is 26.7 Å². The number of sulfone groups is 1. The average molecular weight is 580 g/mol. The smallest absolute Gasteiger partial charge is 0.334 e. The lowest BCUT2D eigenvalue weighted by Gasteiger charge is -2.32. The summed E-state index contributed by atoms with van der Waals surface area (Å²) in [5.41, 5.74) is -1.77. The molecule has 2 atom stereocenters. The monoisotopic (exact) mass is 579 g/mol. The highest BCUT2D eigenvalue weighted by atomic mass is 32.2.